The van der Waals surface area contributed by atoms with E-state index in [4.69, 9.17) is 4.74 Å². The molecule has 1 fully saturated rings. The van der Waals surface area contributed by atoms with E-state index in [9.17, 15) is 9.90 Å². The molecule has 3 aromatic rings. The number of nitrogens with zero attached hydrogens (tertiary/aromatic N) is 1. The Kier molecular flexibility index (Phi) is 4.11. The number of benzene rings is 1. The molecule has 0 amide bonds. The number of carboxylic acid groups (broad SMARTS) is 1. The molecule has 25 heavy (non-hydrogen) atoms. The van der Waals surface area contributed by atoms with E-state index in [0.717, 1.165) is 42.5 Å². The van der Waals surface area contributed by atoms with Crippen LogP contribution in [0.15, 0.2) is 42.7 Å². The average Bonchev–Trinajstić information content (AvgIpc) is 3.10. The first-order chi connectivity index (χ1) is 12.2. The molecule has 0 unspecified atom stereocenters. The molecule has 4 rings (SSSR count). The van der Waals surface area contributed by atoms with Gasteiger partial charge in [-0.1, -0.05) is 6.07 Å². The van der Waals surface area contributed by atoms with Crippen LogP contribution in [0.3, 0.4) is 0 Å². The fourth-order valence-corrected chi connectivity index (χ4v) is 3.31. The van der Waals surface area contributed by atoms with Crippen LogP contribution >= 0.6 is 0 Å². The van der Waals surface area contributed by atoms with E-state index in [1.165, 1.54) is 0 Å². The summed E-state index contributed by atoms with van der Waals surface area (Å²) in [6.07, 6.45) is 5.50. The zero-order chi connectivity index (χ0) is 17.2. The minimum atomic E-state index is -0.998. The number of nitrogens with one attached hydrogen (secondary N) is 2. The van der Waals surface area contributed by atoms with Gasteiger partial charge in [0.15, 0.2) is 0 Å². The highest BCUT2D eigenvalue weighted by Crippen LogP contribution is 2.33. The molecule has 0 aliphatic carbocycles. The maximum atomic E-state index is 11.6. The van der Waals surface area contributed by atoms with Crippen molar-refractivity contribution in [1.82, 2.24) is 15.3 Å². The zero-order valence-corrected chi connectivity index (χ0v) is 13.7. The van der Waals surface area contributed by atoms with Crippen molar-refractivity contribution in [2.75, 3.05) is 13.1 Å². The maximum Gasteiger partial charge on any atom is 0.339 e. The van der Waals surface area contributed by atoms with Gasteiger partial charge >= 0.3 is 5.97 Å². The minimum Gasteiger partial charge on any atom is -0.478 e. The van der Waals surface area contributed by atoms with E-state index in [-0.39, 0.29) is 5.56 Å². The first-order valence-electron chi connectivity index (χ1n) is 8.39. The maximum absolute atomic E-state index is 11.6. The number of rotatable bonds is 4. The Morgan fingerprint density at radius 3 is 2.84 bits per heavy atom. The number of hydrogen-bond acceptors (Lipinski definition) is 4. The molecular weight excluding hydrogens is 318 g/mol. The number of aromatic nitrogens is 2. The fraction of sp³-hybridized carbons (Fsp3) is 0.263. The third-order valence-electron chi connectivity index (χ3n) is 4.65. The standard InChI is InChI=1S/C19H19N3O3/c23-19(24)16-2-1-13(12-3-6-20-7-4-12)10-17(16)25-15-9-14-5-8-21-18(14)22-11-15/h1-2,5,8-12,20H,3-4,6-7H2,(H,21,22)(H,23,24). The second kappa shape index (κ2) is 6.57. The van der Waals surface area contributed by atoms with Crippen LogP contribution in [-0.4, -0.2) is 34.1 Å². The van der Waals surface area contributed by atoms with Crippen molar-refractivity contribution in [3.8, 4) is 11.5 Å². The Morgan fingerprint density at radius 2 is 2.04 bits per heavy atom. The fourth-order valence-electron chi connectivity index (χ4n) is 3.31. The SMILES string of the molecule is O=C(O)c1ccc(C2CCNCC2)cc1Oc1cnc2[nH]ccc2c1. The highest BCUT2D eigenvalue weighted by Gasteiger charge is 2.19. The average molecular weight is 337 g/mol. The molecule has 0 radical (unpaired) electrons. The Bertz CT molecular complexity index is 913. The van der Waals surface area contributed by atoms with Crippen molar-refractivity contribution >= 4 is 17.0 Å². The minimum absolute atomic E-state index is 0.159. The number of H-pyrrole nitrogens is 1. The van der Waals surface area contributed by atoms with Crippen LogP contribution < -0.4 is 10.1 Å². The van der Waals surface area contributed by atoms with Gasteiger partial charge in [0, 0.05) is 11.6 Å². The third kappa shape index (κ3) is 3.21. The highest BCUT2D eigenvalue weighted by molar-refractivity contribution is 5.91. The smallest absolute Gasteiger partial charge is 0.339 e. The van der Waals surface area contributed by atoms with Gasteiger partial charge < -0.3 is 20.1 Å². The summed E-state index contributed by atoms with van der Waals surface area (Å²) in [6.45, 7) is 1.96. The van der Waals surface area contributed by atoms with Gasteiger partial charge in [-0.3, -0.25) is 0 Å². The van der Waals surface area contributed by atoms with Gasteiger partial charge in [0.1, 0.15) is 22.7 Å². The van der Waals surface area contributed by atoms with Crippen LogP contribution in [0.2, 0.25) is 0 Å². The van der Waals surface area contributed by atoms with Crippen LogP contribution in [0.4, 0.5) is 0 Å². The van der Waals surface area contributed by atoms with Crippen molar-refractivity contribution < 1.29 is 14.6 Å². The Morgan fingerprint density at radius 1 is 1.20 bits per heavy atom. The van der Waals surface area contributed by atoms with E-state index >= 15 is 0 Å². The number of carbonyl (C=O) groups is 1. The van der Waals surface area contributed by atoms with Gasteiger partial charge in [-0.05, 0) is 61.7 Å². The molecule has 3 N–H and O–H groups in total. The van der Waals surface area contributed by atoms with E-state index in [2.05, 4.69) is 15.3 Å². The van der Waals surface area contributed by atoms with E-state index in [1.807, 2.05) is 30.5 Å². The quantitative estimate of drug-likeness (QED) is 0.678. The Labute approximate surface area is 144 Å². The molecule has 0 spiro atoms. The third-order valence-corrected chi connectivity index (χ3v) is 4.65. The molecule has 6 nitrogen and oxygen atoms in total. The number of hydrogen-bond donors (Lipinski definition) is 3. The second-order valence-corrected chi connectivity index (χ2v) is 6.27. The lowest BCUT2D eigenvalue weighted by molar-refractivity contribution is 0.0694. The summed E-state index contributed by atoms with van der Waals surface area (Å²) in [5.74, 6) is 0.316. The largest absolute Gasteiger partial charge is 0.478 e. The van der Waals surface area contributed by atoms with E-state index in [0.29, 0.717) is 17.4 Å². The molecular formula is C19H19N3O3. The summed E-state index contributed by atoms with van der Waals surface area (Å²) >= 11 is 0. The van der Waals surface area contributed by atoms with Gasteiger partial charge in [-0.25, -0.2) is 9.78 Å². The van der Waals surface area contributed by atoms with Crippen molar-refractivity contribution in [1.29, 1.82) is 0 Å². The molecule has 3 heterocycles. The number of aromatic amines is 1. The Hall–Kier alpha value is -2.86. The molecule has 0 bridgehead atoms. The highest BCUT2D eigenvalue weighted by atomic mass is 16.5. The van der Waals surface area contributed by atoms with Crippen molar-refractivity contribution in [2.24, 2.45) is 0 Å². The monoisotopic (exact) mass is 337 g/mol. The molecule has 1 aromatic carbocycles. The van der Waals surface area contributed by atoms with Crippen molar-refractivity contribution in [3.63, 3.8) is 0 Å². The molecule has 6 heteroatoms. The molecule has 1 saturated heterocycles. The number of aromatic carboxylic acids is 1. The van der Waals surface area contributed by atoms with Crippen molar-refractivity contribution in [2.45, 2.75) is 18.8 Å². The summed E-state index contributed by atoms with van der Waals surface area (Å²) in [7, 11) is 0. The molecule has 1 aliphatic heterocycles. The number of pyridine rings is 1. The summed E-state index contributed by atoms with van der Waals surface area (Å²) in [5, 5.41) is 13.7. The van der Waals surface area contributed by atoms with Crippen LogP contribution in [0.25, 0.3) is 11.0 Å². The number of ether oxygens (including phenoxy) is 1. The van der Waals surface area contributed by atoms with Crippen molar-refractivity contribution in [3.05, 3.63) is 53.9 Å². The lowest BCUT2D eigenvalue weighted by atomic mass is 9.89. The lowest BCUT2D eigenvalue weighted by Gasteiger charge is -2.23. The molecule has 128 valence electrons. The van der Waals surface area contributed by atoms with Crippen LogP contribution in [0.5, 0.6) is 11.5 Å². The van der Waals surface area contributed by atoms with Gasteiger partial charge in [0.2, 0.25) is 0 Å². The topological polar surface area (TPSA) is 87.2 Å². The van der Waals surface area contributed by atoms with Gasteiger partial charge in [0.25, 0.3) is 0 Å². The molecule has 0 saturated carbocycles. The van der Waals surface area contributed by atoms with Crippen LogP contribution in [-0.2, 0) is 0 Å². The summed E-state index contributed by atoms with van der Waals surface area (Å²) in [5.41, 5.74) is 2.05. The first-order valence-corrected chi connectivity index (χ1v) is 8.39. The molecule has 1 aliphatic rings. The molecule has 0 atom stereocenters. The first kappa shape index (κ1) is 15.7. The van der Waals surface area contributed by atoms with E-state index < -0.39 is 5.97 Å². The predicted octanol–water partition coefficient (Wildman–Crippen LogP) is 3.52. The van der Waals surface area contributed by atoms with Gasteiger partial charge in [0.05, 0.1) is 6.20 Å². The van der Waals surface area contributed by atoms with E-state index in [1.54, 1.807) is 12.3 Å². The molecule has 2 aromatic heterocycles. The van der Waals surface area contributed by atoms with Gasteiger partial charge in [-0.2, -0.15) is 0 Å². The summed E-state index contributed by atoms with van der Waals surface area (Å²) < 4.78 is 5.91. The normalized spacial score (nSPS) is 15.4. The number of fused-ring (bicyclic) bond motifs is 1. The summed E-state index contributed by atoms with van der Waals surface area (Å²) in [4.78, 5) is 18.9. The number of carboxylic acids is 1. The Balaban J connectivity index is 1.68. The summed E-state index contributed by atoms with van der Waals surface area (Å²) in [6, 6.07) is 9.15. The zero-order valence-electron chi connectivity index (χ0n) is 13.7. The van der Waals surface area contributed by atoms with Crippen LogP contribution in [0, 0.1) is 0 Å². The van der Waals surface area contributed by atoms with Crippen LogP contribution in [0.1, 0.15) is 34.7 Å². The lowest BCUT2D eigenvalue weighted by Crippen LogP contribution is -2.26. The van der Waals surface area contributed by atoms with Gasteiger partial charge in [-0.15, -0.1) is 0 Å². The number of piperidine rings is 1. The predicted molar refractivity (Wildman–Crippen MR) is 94.4 cm³/mol. The second-order valence-electron chi connectivity index (χ2n) is 6.27.